The van der Waals surface area contributed by atoms with Gasteiger partial charge in [0.15, 0.2) is 23.1 Å². The summed E-state index contributed by atoms with van der Waals surface area (Å²) in [7, 11) is 0. The first kappa shape index (κ1) is 21.2. The Labute approximate surface area is 184 Å². The first-order valence-electron chi connectivity index (χ1n) is 10.3. The van der Waals surface area contributed by atoms with Gasteiger partial charge >= 0.3 is 0 Å². The van der Waals surface area contributed by atoms with Crippen LogP contribution in [0.4, 0.5) is 17.6 Å². The van der Waals surface area contributed by atoms with E-state index in [0.29, 0.717) is 25.5 Å². The van der Waals surface area contributed by atoms with Crippen LogP contribution in [-0.2, 0) is 0 Å². The van der Waals surface area contributed by atoms with E-state index in [1.54, 1.807) is 0 Å². The highest BCUT2D eigenvalue weighted by atomic mass is 19.2. The van der Waals surface area contributed by atoms with Crippen LogP contribution in [0.1, 0.15) is 46.4 Å². The largest absolute Gasteiger partial charge is 0.502 e. The Morgan fingerprint density at radius 1 is 1.03 bits per heavy atom. The summed E-state index contributed by atoms with van der Waals surface area (Å²) in [6.07, 6.45) is 1.82. The molecule has 33 heavy (non-hydrogen) atoms. The Bertz CT molecular complexity index is 1340. The van der Waals surface area contributed by atoms with Gasteiger partial charge in [0.05, 0.1) is 18.3 Å². The van der Waals surface area contributed by atoms with Crippen LogP contribution in [0.3, 0.4) is 0 Å². The number of rotatable bonds is 3. The van der Waals surface area contributed by atoms with Crippen LogP contribution >= 0.6 is 0 Å². The number of hydrogen-bond acceptors (Lipinski definition) is 4. The first-order chi connectivity index (χ1) is 15.8. The van der Waals surface area contributed by atoms with Crippen molar-refractivity contribution in [3.05, 3.63) is 92.9 Å². The summed E-state index contributed by atoms with van der Waals surface area (Å²) >= 11 is 0. The summed E-state index contributed by atoms with van der Waals surface area (Å²) in [4.78, 5) is 26.5. The van der Waals surface area contributed by atoms with E-state index in [1.807, 2.05) is 0 Å². The third-order valence-electron chi connectivity index (χ3n) is 6.38. The van der Waals surface area contributed by atoms with Gasteiger partial charge in [0.2, 0.25) is 5.43 Å². The lowest BCUT2D eigenvalue weighted by Gasteiger charge is -2.42. The van der Waals surface area contributed by atoms with Crippen LogP contribution in [0.5, 0.6) is 5.75 Å². The fourth-order valence-corrected chi connectivity index (χ4v) is 5.00. The number of amides is 1. The molecule has 0 bridgehead atoms. The molecule has 1 N–H and O–H groups in total. The highest BCUT2D eigenvalue weighted by Crippen LogP contribution is 2.47. The van der Waals surface area contributed by atoms with Gasteiger partial charge in [-0.1, -0.05) is 18.2 Å². The summed E-state index contributed by atoms with van der Waals surface area (Å²) in [6, 6.07) is 4.61. The number of hydrogen-bond donors (Lipinski definition) is 1. The summed E-state index contributed by atoms with van der Waals surface area (Å²) in [5.41, 5.74) is -1.65. The van der Waals surface area contributed by atoms with E-state index in [2.05, 4.69) is 5.10 Å². The SMILES string of the molecule is O=C1c2c(O)c(=O)cnn2[C@@H](C(c2ccc(F)cc2F)c2cccc(F)c2F)[C@H]2CCCN12. The van der Waals surface area contributed by atoms with Crippen LogP contribution in [0.25, 0.3) is 0 Å². The number of fused-ring (bicyclic) bond motifs is 2. The number of carbonyl (C=O) groups excluding carboxylic acids is 1. The number of aromatic nitrogens is 2. The monoisotopic (exact) mass is 459 g/mol. The van der Waals surface area contributed by atoms with Crippen molar-refractivity contribution in [2.24, 2.45) is 0 Å². The Balaban J connectivity index is 1.83. The second kappa shape index (κ2) is 7.72. The molecule has 5 rings (SSSR count). The molecule has 2 aliphatic heterocycles. The molecule has 10 heteroatoms. The topological polar surface area (TPSA) is 75.4 Å². The van der Waals surface area contributed by atoms with Gasteiger partial charge in [-0.05, 0) is 30.5 Å². The molecule has 6 nitrogen and oxygen atoms in total. The van der Waals surface area contributed by atoms with Gasteiger partial charge in [-0.15, -0.1) is 0 Å². The number of nitrogens with zero attached hydrogens (tertiary/aromatic N) is 3. The Morgan fingerprint density at radius 3 is 2.58 bits per heavy atom. The van der Waals surface area contributed by atoms with Crippen LogP contribution < -0.4 is 5.43 Å². The average molecular weight is 459 g/mol. The lowest BCUT2D eigenvalue weighted by molar-refractivity contribution is 0.0563. The van der Waals surface area contributed by atoms with Gasteiger partial charge in [0, 0.05) is 24.1 Å². The second-order valence-electron chi connectivity index (χ2n) is 8.14. The molecule has 3 aromatic rings. The minimum absolute atomic E-state index is 0.141. The molecule has 1 amide bonds. The van der Waals surface area contributed by atoms with E-state index < -0.39 is 64.0 Å². The number of halogens is 4. The Hall–Kier alpha value is -3.69. The van der Waals surface area contributed by atoms with Crippen molar-refractivity contribution in [1.82, 2.24) is 14.7 Å². The number of aromatic hydroxyl groups is 1. The van der Waals surface area contributed by atoms with Gasteiger partial charge < -0.3 is 10.0 Å². The molecule has 0 aliphatic carbocycles. The normalized spacial score (nSPS) is 20.5. The molecule has 3 heterocycles. The molecule has 3 atom stereocenters. The fraction of sp³-hybridized carbons (Fsp3) is 0.261. The zero-order chi connectivity index (χ0) is 23.4. The van der Waals surface area contributed by atoms with Crippen molar-refractivity contribution in [3.63, 3.8) is 0 Å². The summed E-state index contributed by atoms with van der Waals surface area (Å²) in [5.74, 6) is -6.94. The highest BCUT2D eigenvalue weighted by Gasteiger charge is 2.49. The van der Waals surface area contributed by atoms with Gasteiger partial charge in [-0.3, -0.25) is 14.3 Å². The smallest absolute Gasteiger partial charge is 0.276 e. The molecular formula is C23H17F4N3O3. The first-order valence-corrected chi connectivity index (χ1v) is 10.3. The maximum atomic E-state index is 15.1. The summed E-state index contributed by atoms with van der Waals surface area (Å²) < 4.78 is 59.1. The van der Waals surface area contributed by atoms with E-state index in [0.717, 1.165) is 29.1 Å². The molecule has 1 fully saturated rings. The third-order valence-corrected chi connectivity index (χ3v) is 6.38. The van der Waals surface area contributed by atoms with Crippen LogP contribution in [-0.4, -0.2) is 38.3 Å². The maximum absolute atomic E-state index is 15.1. The molecule has 170 valence electrons. The average Bonchev–Trinajstić information content (AvgIpc) is 3.26. The van der Waals surface area contributed by atoms with Crippen molar-refractivity contribution < 1.29 is 27.5 Å². The lowest BCUT2D eigenvalue weighted by atomic mass is 9.79. The predicted molar refractivity (Wildman–Crippen MR) is 108 cm³/mol. The predicted octanol–water partition coefficient (Wildman–Crippen LogP) is 3.50. The molecular weight excluding hydrogens is 442 g/mol. The van der Waals surface area contributed by atoms with Crippen molar-refractivity contribution in [2.75, 3.05) is 6.54 Å². The zero-order valence-corrected chi connectivity index (χ0v) is 17.0. The highest BCUT2D eigenvalue weighted by molar-refractivity contribution is 5.96. The zero-order valence-electron chi connectivity index (χ0n) is 17.0. The van der Waals surface area contributed by atoms with Crippen molar-refractivity contribution in [3.8, 4) is 5.75 Å². The minimum atomic E-state index is -1.26. The van der Waals surface area contributed by atoms with Gasteiger partial charge in [0.25, 0.3) is 5.91 Å². The van der Waals surface area contributed by atoms with Crippen molar-refractivity contribution in [2.45, 2.75) is 30.8 Å². The quantitative estimate of drug-likeness (QED) is 0.609. The number of benzene rings is 2. The molecule has 0 saturated carbocycles. The molecule has 2 aliphatic rings. The molecule has 1 unspecified atom stereocenters. The van der Waals surface area contributed by atoms with E-state index in [9.17, 15) is 23.5 Å². The van der Waals surface area contributed by atoms with E-state index in [-0.39, 0.29) is 11.1 Å². The number of carbonyl (C=O) groups is 1. The van der Waals surface area contributed by atoms with Crippen molar-refractivity contribution >= 4 is 5.91 Å². The molecule has 2 aromatic carbocycles. The molecule has 1 aromatic heterocycles. The lowest BCUT2D eigenvalue weighted by Crippen LogP contribution is -2.51. The standard InChI is InChI=1S/C23H17F4N3O3/c24-11-6-7-12(15(26)9-11)18(13-3-1-4-14(25)19(13)27)20-16-5-2-8-29(16)23(33)21-22(32)17(31)10-28-30(20)21/h1,3-4,6-7,9-10,16,18,20,32H,2,5,8H2/t16-,18?,20-/m1/s1. The minimum Gasteiger partial charge on any atom is -0.502 e. The molecule has 0 radical (unpaired) electrons. The Morgan fingerprint density at radius 2 is 1.82 bits per heavy atom. The molecule has 1 saturated heterocycles. The van der Waals surface area contributed by atoms with Crippen LogP contribution in [0.15, 0.2) is 47.4 Å². The van der Waals surface area contributed by atoms with Gasteiger partial charge in [-0.25, -0.2) is 17.6 Å². The summed E-state index contributed by atoms with van der Waals surface area (Å²) in [6.45, 7) is 0.298. The van der Waals surface area contributed by atoms with Crippen LogP contribution in [0, 0.1) is 23.3 Å². The fourth-order valence-electron chi connectivity index (χ4n) is 5.00. The van der Waals surface area contributed by atoms with Crippen molar-refractivity contribution in [1.29, 1.82) is 0 Å². The maximum Gasteiger partial charge on any atom is 0.276 e. The van der Waals surface area contributed by atoms with Gasteiger partial charge in [0.1, 0.15) is 11.6 Å². The van der Waals surface area contributed by atoms with Gasteiger partial charge in [-0.2, -0.15) is 5.10 Å². The Kier molecular flexibility index (Phi) is 4.95. The second-order valence-corrected chi connectivity index (χ2v) is 8.14. The third kappa shape index (κ3) is 3.20. The van der Waals surface area contributed by atoms with E-state index in [1.165, 1.54) is 17.0 Å². The van der Waals surface area contributed by atoms with E-state index >= 15 is 8.78 Å². The molecule has 0 spiro atoms. The van der Waals surface area contributed by atoms with Crippen LogP contribution in [0.2, 0.25) is 0 Å². The van der Waals surface area contributed by atoms with E-state index in [4.69, 9.17) is 0 Å². The summed E-state index contributed by atoms with van der Waals surface area (Å²) in [5, 5.41) is 14.4.